The van der Waals surface area contributed by atoms with Gasteiger partial charge in [0.15, 0.2) is 0 Å². The summed E-state index contributed by atoms with van der Waals surface area (Å²) in [5.41, 5.74) is -0.543. The maximum absolute atomic E-state index is 13.0. The van der Waals surface area contributed by atoms with Crippen molar-refractivity contribution in [3.05, 3.63) is 65.7 Å². The Hall–Kier alpha value is -3.16. The average molecular weight is 459 g/mol. The van der Waals surface area contributed by atoms with Crippen LogP contribution in [-0.4, -0.2) is 17.7 Å². The van der Waals surface area contributed by atoms with Crippen molar-refractivity contribution in [3.8, 4) is 0 Å². The van der Waals surface area contributed by atoms with Crippen LogP contribution in [0.1, 0.15) is 49.3 Å². The fourth-order valence-electron chi connectivity index (χ4n) is 4.77. The molecule has 1 amide bonds. The molecule has 2 aliphatic rings. The van der Waals surface area contributed by atoms with Crippen molar-refractivity contribution in [1.82, 2.24) is 0 Å². The van der Waals surface area contributed by atoms with Crippen LogP contribution in [0, 0.1) is 17.8 Å². The van der Waals surface area contributed by atoms with Crippen LogP contribution in [0.3, 0.4) is 0 Å². The molecule has 0 saturated heterocycles. The maximum atomic E-state index is 13.0. The second kappa shape index (κ2) is 9.37. The first-order valence-electron chi connectivity index (χ1n) is 11.0. The highest BCUT2D eigenvalue weighted by Gasteiger charge is 2.43. The van der Waals surface area contributed by atoms with Gasteiger partial charge >= 0.3 is 12.1 Å². The van der Waals surface area contributed by atoms with Crippen LogP contribution in [0.2, 0.25) is 0 Å². The van der Waals surface area contributed by atoms with Gasteiger partial charge in [0.25, 0.3) is 5.91 Å². The summed E-state index contributed by atoms with van der Waals surface area (Å²) >= 11 is 0. The van der Waals surface area contributed by atoms with Crippen LogP contribution in [0.4, 0.5) is 18.9 Å². The van der Waals surface area contributed by atoms with E-state index in [2.05, 4.69) is 5.32 Å². The summed E-state index contributed by atoms with van der Waals surface area (Å²) in [5, 5.41) is 2.44. The number of rotatable bonds is 5. The Morgan fingerprint density at radius 2 is 1.64 bits per heavy atom. The summed E-state index contributed by atoms with van der Waals surface area (Å²) in [6, 6.07) is 12.6. The number of nitrogens with one attached hydrogen (secondary N) is 1. The molecule has 174 valence electrons. The summed E-state index contributed by atoms with van der Waals surface area (Å²) in [6.45, 7) is 0. The van der Waals surface area contributed by atoms with Gasteiger partial charge in [-0.15, -0.1) is 0 Å². The van der Waals surface area contributed by atoms with Crippen molar-refractivity contribution in [1.29, 1.82) is 0 Å². The number of hydrogen-bond donors (Lipinski definition) is 1. The Balaban J connectivity index is 1.52. The van der Waals surface area contributed by atoms with Crippen molar-refractivity contribution < 1.29 is 32.3 Å². The SMILES string of the molecule is O=C(O[C@@H](C(=O)Nc1cccc(C(F)(F)F)c1)c1ccccc1)C1C[C@H]2CCC[C@@H](C1)C2=O. The topological polar surface area (TPSA) is 72.5 Å². The van der Waals surface area contributed by atoms with E-state index < -0.39 is 35.6 Å². The van der Waals surface area contributed by atoms with Gasteiger partial charge < -0.3 is 10.1 Å². The molecule has 0 radical (unpaired) electrons. The van der Waals surface area contributed by atoms with Gasteiger partial charge in [0.1, 0.15) is 5.78 Å². The van der Waals surface area contributed by atoms with Crippen molar-refractivity contribution in [2.24, 2.45) is 17.8 Å². The molecule has 4 rings (SSSR count). The van der Waals surface area contributed by atoms with Crippen LogP contribution < -0.4 is 5.32 Å². The van der Waals surface area contributed by atoms with Gasteiger partial charge in [-0.25, -0.2) is 0 Å². The summed E-state index contributed by atoms with van der Waals surface area (Å²) in [4.78, 5) is 38.3. The molecule has 2 aromatic carbocycles. The molecule has 33 heavy (non-hydrogen) atoms. The number of halogens is 3. The Morgan fingerprint density at radius 3 is 2.27 bits per heavy atom. The third kappa shape index (κ3) is 5.26. The number of alkyl halides is 3. The van der Waals surface area contributed by atoms with Gasteiger partial charge in [-0.3, -0.25) is 14.4 Å². The molecular formula is C25H24F3NO4. The van der Waals surface area contributed by atoms with Crippen LogP contribution >= 0.6 is 0 Å². The molecule has 2 fully saturated rings. The molecule has 2 bridgehead atoms. The summed E-state index contributed by atoms with van der Waals surface area (Å²) in [5.74, 6) is -1.88. The first-order chi connectivity index (χ1) is 15.7. The van der Waals surface area contributed by atoms with Crippen LogP contribution in [0.25, 0.3) is 0 Å². The minimum Gasteiger partial charge on any atom is -0.447 e. The van der Waals surface area contributed by atoms with E-state index in [1.165, 1.54) is 12.1 Å². The van der Waals surface area contributed by atoms with E-state index in [1.807, 2.05) is 0 Å². The molecule has 1 N–H and O–H groups in total. The highest BCUT2D eigenvalue weighted by Crippen LogP contribution is 2.41. The number of hydrogen-bond acceptors (Lipinski definition) is 4. The zero-order valence-electron chi connectivity index (χ0n) is 17.8. The number of ether oxygens (including phenoxy) is 1. The van der Waals surface area contributed by atoms with Crippen molar-refractivity contribution >= 4 is 23.3 Å². The Morgan fingerprint density at radius 1 is 0.970 bits per heavy atom. The fourth-order valence-corrected chi connectivity index (χ4v) is 4.77. The van der Waals surface area contributed by atoms with Gasteiger partial charge in [0.05, 0.1) is 11.5 Å². The molecule has 0 aliphatic heterocycles. The van der Waals surface area contributed by atoms with E-state index in [-0.39, 0.29) is 23.3 Å². The van der Waals surface area contributed by atoms with E-state index in [9.17, 15) is 27.6 Å². The number of ketones is 1. The van der Waals surface area contributed by atoms with Crippen molar-refractivity contribution in [2.75, 3.05) is 5.32 Å². The summed E-state index contributed by atoms with van der Waals surface area (Å²) in [7, 11) is 0. The Labute approximate surface area is 189 Å². The lowest BCUT2D eigenvalue weighted by Gasteiger charge is -2.36. The van der Waals surface area contributed by atoms with Gasteiger partial charge in [-0.2, -0.15) is 13.2 Å². The minimum atomic E-state index is -4.55. The number of benzene rings is 2. The molecule has 2 saturated carbocycles. The van der Waals surface area contributed by atoms with Crippen molar-refractivity contribution in [2.45, 2.75) is 44.4 Å². The number of amides is 1. The Bertz CT molecular complexity index is 1020. The third-order valence-corrected chi connectivity index (χ3v) is 6.41. The largest absolute Gasteiger partial charge is 0.447 e. The standard InChI is InChI=1S/C25H24F3NO4/c26-25(27,28)19-10-5-11-20(14-19)29-23(31)22(15-6-2-1-3-7-15)33-24(32)18-12-16-8-4-9-17(13-18)21(16)30/h1-3,5-7,10-11,14,16-18,22H,4,8-9,12-13H2,(H,29,31)/t16-,17+,18?,22-/m1/s1. The molecule has 0 spiro atoms. The number of carbonyl (C=O) groups excluding carboxylic acids is 3. The molecular weight excluding hydrogens is 435 g/mol. The normalized spacial score (nSPS) is 23.5. The number of carbonyl (C=O) groups is 3. The Kier molecular flexibility index (Phi) is 6.54. The smallest absolute Gasteiger partial charge is 0.416 e. The zero-order chi connectivity index (χ0) is 23.6. The van der Waals surface area contributed by atoms with E-state index in [0.717, 1.165) is 31.4 Å². The van der Waals surface area contributed by atoms with Crippen LogP contribution in [-0.2, 0) is 25.3 Å². The first kappa shape index (κ1) is 23.0. The number of Topliss-reactive ketones (excluding diaryl/α,β-unsaturated/α-hetero) is 1. The van der Waals surface area contributed by atoms with E-state index >= 15 is 0 Å². The van der Waals surface area contributed by atoms with Crippen molar-refractivity contribution in [3.63, 3.8) is 0 Å². The first-order valence-corrected chi connectivity index (χ1v) is 11.0. The number of esters is 1. The molecule has 5 nitrogen and oxygen atoms in total. The molecule has 0 aromatic heterocycles. The molecule has 0 heterocycles. The fraction of sp³-hybridized carbons (Fsp3) is 0.400. The monoisotopic (exact) mass is 459 g/mol. The lowest BCUT2D eigenvalue weighted by atomic mass is 9.67. The maximum Gasteiger partial charge on any atom is 0.416 e. The van der Waals surface area contributed by atoms with Gasteiger partial charge in [-0.1, -0.05) is 42.8 Å². The quantitative estimate of drug-likeness (QED) is 0.614. The summed E-state index contributed by atoms with van der Waals surface area (Å²) < 4.78 is 44.7. The molecule has 2 aromatic rings. The highest BCUT2D eigenvalue weighted by atomic mass is 19.4. The van der Waals surface area contributed by atoms with E-state index in [1.54, 1.807) is 30.3 Å². The lowest BCUT2D eigenvalue weighted by molar-refractivity contribution is -0.162. The van der Waals surface area contributed by atoms with Crippen LogP contribution in [0.15, 0.2) is 54.6 Å². The molecule has 8 heteroatoms. The lowest BCUT2D eigenvalue weighted by Crippen LogP contribution is -2.40. The second-order valence-electron chi connectivity index (χ2n) is 8.69. The van der Waals surface area contributed by atoms with Gasteiger partial charge in [0.2, 0.25) is 6.10 Å². The average Bonchev–Trinajstić information content (AvgIpc) is 2.77. The molecule has 2 aliphatic carbocycles. The highest BCUT2D eigenvalue weighted by molar-refractivity contribution is 5.96. The van der Waals surface area contributed by atoms with Gasteiger partial charge in [0, 0.05) is 23.1 Å². The predicted molar refractivity (Wildman–Crippen MR) is 114 cm³/mol. The second-order valence-corrected chi connectivity index (χ2v) is 8.69. The van der Waals surface area contributed by atoms with E-state index in [4.69, 9.17) is 4.74 Å². The zero-order valence-corrected chi connectivity index (χ0v) is 17.8. The third-order valence-electron chi connectivity index (χ3n) is 6.41. The minimum absolute atomic E-state index is 0.0513. The van der Waals surface area contributed by atoms with E-state index in [0.29, 0.717) is 18.4 Å². The van der Waals surface area contributed by atoms with Crippen LogP contribution in [0.5, 0.6) is 0 Å². The van der Waals surface area contributed by atoms with Gasteiger partial charge in [-0.05, 0) is 43.9 Å². The number of fused-ring (bicyclic) bond motifs is 2. The predicted octanol–water partition coefficient (Wildman–Crippen LogP) is 5.32. The molecule has 1 unspecified atom stereocenters. The molecule has 4 atom stereocenters. The number of anilines is 1. The summed E-state index contributed by atoms with van der Waals surface area (Å²) in [6.07, 6.45) is -2.58.